The molecule has 0 radical (unpaired) electrons. The quantitative estimate of drug-likeness (QED) is 0.717. The Morgan fingerprint density at radius 3 is 2.85 bits per heavy atom. The second kappa shape index (κ2) is 4.69. The van der Waals surface area contributed by atoms with Gasteiger partial charge in [-0.05, 0) is 19.1 Å². The Hall–Kier alpha value is -2.83. The van der Waals surface area contributed by atoms with Crippen molar-refractivity contribution in [1.82, 2.24) is 24.7 Å². The molecule has 3 aromatic rings. The van der Waals surface area contributed by atoms with Crippen LogP contribution in [0.4, 0.5) is 10.1 Å². The topological polar surface area (TPSA) is 82.5 Å². The Bertz CT molecular complexity index is 767. The number of rotatable bonds is 2. The number of aromatic nitrogens is 5. The summed E-state index contributed by atoms with van der Waals surface area (Å²) in [6, 6.07) is 7.16. The number of benzene rings is 1. The van der Waals surface area contributed by atoms with Crippen LogP contribution >= 0.6 is 0 Å². The van der Waals surface area contributed by atoms with E-state index in [1.54, 1.807) is 25.1 Å². The SMILES string of the molecule is Cc1ncnc(-n2cnc(-c3cccc(N)c3)n2)c1F. The monoisotopic (exact) mass is 270 g/mol. The number of nitrogen functional groups attached to an aromatic ring is 1. The summed E-state index contributed by atoms with van der Waals surface area (Å²) in [6.07, 6.45) is 2.69. The molecule has 2 N–H and O–H groups in total. The first-order chi connectivity index (χ1) is 9.65. The third-order valence-corrected chi connectivity index (χ3v) is 2.80. The Kier molecular flexibility index (Phi) is 2.86. The molecule has 0 atom stereocenters. The molecule has 3 rings (SSSR count). The second-order valence-corrected chi connectivity index (χ2v) is 4.23. The lowest BCUT2D eigenvalue weighted by atomic mass is 10.2. The molecule has 0 saturated heterocycles. The van der Waals surface area contributed by atoms with Crippen molar-refractivity contribution in [2.24, 2.45) is 0 Å². The predicted octanol–water partition coefficient (Wildman–Crippen LogP) is 1.75. The Morgan fingerprint density at radius 1 is 1.20 bits per heavy atom. The maximum Gasteiger partial charge on any atom is 0.194 e. The standard InChI is InChI=1S/C13H11FN6/c1-8-11(14)13(17-6-16-8)20-7-18-12(19-20)9-3-2-4-10(15)5-9/h2-7H,15H2,1H3. The molecule has 0 saturated carbocycles. The van der Waals surface area contributed by atoms with Crippen LogP contribution < -0.4 is 5.73 Å². The van der Waals surface area contributed by atoms with E-state index < -0.39 is 5.82 Å². The number of hydrogen-bond acceptors (Lipinski definition) is 5. The van der Waals surface area contributed by atoms with Crippen molar-refractivity contribution < 1.29 is 4.39 Å². The van der Waals surface area contributed by atoms with Crippen LogP contribution in [0.15, 0.2) is 36.9 Å². The predicted molar refractivity (Wildman–Crippen MR) is 71.5 cm³/mol. The number of hydrogen-bond donors (Lipinski definition) is 1. The first-order valence-electron chi connectivity index (χ1n) is 5.90. The van der Waals surface area contributed by atoms with Gasteiger partial charge in [-0.25, -0.2) is 19.3 Å². The van der Waals surface area contributed by atoms with Crippen LogP contribution in [0.5, 0.6) is 0 Å². The summed E-state index contributed by atoms with van der Waals surface area (Å²) >= 11 is 0. The fourth-order valence-electron chi connectivity index (χ4n) is 1.78. The average molecular weight is 270 g/mol. The minimum atomic E-state index is -0.517. The molecule has 7 heteroatoms. The van der Waals surface area contributed by atoms with Crippen molar-refractivity contribution in [2.75, 3.05) is 5.73 Å². The van der Waals surface area contributed by atoms with E-state index in [0.717, 1.165) is 5.56 Å². The van der Waals surface area contributed by atoms with Gasteiger partial charge in [0.15, 0.2) is 17.5 Å². The molecule has 0 aliphatic carbocycles. The average Bonchev–Trinajstić information content (AvgIpc) is 2.91. The minimum Gasteiger partial charge on any atom is -0.399 e. The van der Waals surface area contributed by atoms with E-state index in [4.69, 9.17) is 5.73 Å². The highest BCUT2D eigenvalue weighted by Crippen LogP contribution is 2.18. The third-order valence-electron chi connectivity index (χ3n) is 2.80. The van der Waals surface area contributed by atoms with E-state index >= 15 is 0 Å². The molecule has 0 fully saturated rings. The van der Waals surface area contributed by atoms with Gasteiger partial charge in [0, 0.05) is 11.3 Å². The highest BCUT2D eigenvalue weighted by molar-refractivity contribution is 5.60. The van der Waals surface area contributed by atoms with Crippen LogP contribution in [-0.2, 0) is 0 Å². The zero-order chi connectivity index (χ0) is 14.1. The van der Waals surface area contributed by atoms with Gasteiger partial charge in [-0.3, -0.25) is 0 Å². The summed E-state index contributed by atoms with van der Waals surface area (Å²) in [5, 5.41) is 4.21. The van der Waals surface area contributed by atoms with Crippen molar-refractivity contribution >= 4 is 5.69 Å². The molecule has 0 amide bonds. The first-order valence-corrected chi connectivity index (χ1v) is 5.90. The molecular formula is C13H11FN6. The largest absolute Gasteiger partial charge is 0.399 e. The highest BCUT2D eigenvalue weighted by Gasteiger charge is 2.12. The Labute approximate surface area is 114 Å². The van der Waals surface area contributed by atoms with Crippen LogP contribution in [0.2, 0.25) is 0 Å². The first kappa shape index (κ1) is 12.2. The van der Waals surface area contributed by atoms with Gasteiger partial charge in [0.25, 0.3) is 0 Å². The van der Waals surface area contributed by atoms with Gasteiger partial charge < -0.3 is 5.73 Å². The fraction of sp³-hybridized carbons (Fsp3) is 0.0769. The molecule has 1 aromatic carbocycles. The molecular weight excluding hydrogens is 259 g/mol. The van der Waals surface area contributed by atoms with E-state index in [0.29, 0.717) is 11.5 Å². The lowest BCUT2D eigenvalue weighted by Crippen LogP contribution is -2.04. The van der Waals surface area contributed by atoms with Gasteiger partial charge in [0.2, 0.25) is 0 Å². The molecule has 2 heterocycles. The van der Waals surface area contributed by atoms with Gasteiger partial charge in [-0.2, -0.15) is 4.68 Å². The number of aryl methyl sites for hydroxylation is 1. The summed E-state index contributed by atoms with van der Waals surface area (Å²) < 4.78 is 15.2. The van der Waals surface area contributed by atoms with Crippen LogP contribution in [0.3, 0.4) is 0 Å². The summed E-state index contributed by atoms with van der Waals surface area (Å²) in [6.45, 7) is 1.57. The van der Waals surface area contributed by atoms with E-state index in [1.165, 1.54) is 17.3 Å². The number of nitrogens with zero attached hydrogens (tertiary/aromatic N) is 5. The van der Waals surface area contributed by atoms with E-state index in [9.17, 15) is 4.39 Å². The van der Waals surface area contributed by atoms with Crippen molar-refractivity contribution in [3.8, 4) is 17.2 Å². The van der Waals surface area contributed by atoms with E-state index in [-0.39, 0.29) is 11.5 Å². The summed E-state index contributed by atoms with van der Waals surface area (Å²) in [7, 11) is 0. The molecule has 0 aliphatic rings. The number of anilines is 1. The van der Waals surface area contributed by atoms with Crippen molar-refractivity contribution in [3.05, 3.63) is 48.4 Å². The molecule has 6 nitrogen and oxygen atoms in total. The van der Waals surface area contributed by atoms with E-state index in [1.807, 2.05) is 6.07 Å². The molecule has 0 unspecified atom stereocenters. The fourth-order valence-corrected chi connectivity index (χ4v) is 1.78. The van der Waals surface area contributed by atoms with Gasteiger partial charge >= 0.3 is 0 Å². The molecule has 0 spiro atoms. The number of nitrogens with two attached hydrogens (primary N) is 1. The number of halogens is 1. The highest BCUT2D eigenvalue weighted by atomic mass is 19.1. The van der Waals surface area contributed by atoms with E-state index in [2.05, 4.69) is 20.1 Å². The summed E-state index contributed by atoms with van der Waals surface area (Å²) in [5.74, 6) is 0.00430. The molecule has 2 aromatic heterocycles. The maximum absolute atomic E-state index is 13.9. The van der Waals surface area contributed by atoms with Crippen LogP contribution in [0, 0.1) is 12.7 Å². The van der Waals surface area contributed by atoms with Gasteiger partial charge in [-0.1, -0.05) is 12.1 Å². The Balaban J connectivity index is 2.04. The van der Waals surface area contributed by atoms with Gasteiger partial charge in [-0.15, -0.1) is 5.10 Å². The summed E-state index contributed by atoms with van der Waals surface area (Å²) in [5.41, 5.74) is 7.35. The van der Waals surface area contributed by atoms with Crippen LogP contribution in [0.25, 0.3) is 17.2 Å². The second-order valence-electron chi connectivity index (χ2n) is 4.23. The minimum absolute atomic E-state index is 0.0696. The maximum atomic E-state index is 13.9. The zero-order valence-corrected chi connectivity index (χ0v) is 10.7. The normalized spacial score (nSPS) is 10.7. The summed E-state index contributed by atoms with van der Waals surface area (Å²) in [4.78, 5) is 11.8. The van der Waals surface area contributed by atoms with Crippen molar-refractivity contribution in [1.29, 1.82) is 0 Å². The van der Waals surface area contributed by atoms with Crippen LogP contribution in [0.1, 0.15) is 5.69 Å². The van der Waals surface area contributed by atoms with Gasteiger partial charge in [0.1, 0.15) is 12.7 Å². The zero-order valence-electron chi connectivity index (χ0n) is 10.7. The van der Waals surface area contributed by atoms with Crippen LogP contribution in [-0.4, -0.2) is 24.7 Å². The van der Waals surface area contributed by atoms with Crippen molar-refractivity contribution in [3.63, 3.8) is 0 Å². The third kappa shape index (κ3) is 2.09. The molecule has 0 bridgehead atoms. The van der Waals surface area contributed by atoms with Gasteiger partial charge in [0.05, 0.1) is 5.69 Å². The molecule has 100 valence electrons. The van der Waals surface area contributed by atoms with Crippen molar-refractivity contribution in [2.45, 2.75) is 6.92 Å². The molecule has 20 heavy (non-hydrogen) atoms. The lowest BCUT2D eigenvalue weighted by Gasteiger charge is -2.02. The smallest absolute Gasteiger partial charge is 0.194 e. The lowest BCUT2D eigenvalue weighted by molar-refractivity contribution is 0.581. The Morgan fingerprint density at radius 2 is 2.05 bits per heavy atom. The molecule has 0 aliphatic heterocycles.